The average molecular weight is 704 g/mol. The number of amides is 1. The summed E-state index contributed by atoms with van der Waals surface area (Å²) in [7, 11) is -5.37. The third-order valence-electron chi connectivity index (χ3n) is 9.56. The van der Waals surface area contributed by atoms with Crippen molar-refractivity contribution in [1.82, 2.24) is 23.4 Å². The van der Waals surface area contributed by atoms with E-state index in [-0.39, 0.29) is 17.8 Å². The number of ether oxygens (including phenoxy) is 2. The van der Waals surface area contributed by atoms with Crippen LogP contribution in [0.1, 0.15) is 42.1 Å². The number of carbonyl (C=O) groups excluding carboxylic acids is 1. The van der Waals surface area contributed by atoms with E-state index in [1.165, 1.54) is 12.4 Å². The minimum atomic E-state index is -4.10. The van der Waals surface area contributed by atoms with Crippen molar-refractivity contribution >= 4 is 51.5 Å². The van der Waals surface area contributed by atoms with Crippen LogP contribution >= 0.6 is 0 Å². The predicted molar refractivity (Wildman–Crippen MR) is 196 cm³/mol. The zero-order chi connectivity index (χ0) is 35.0. The van der Waals surface area contributed by atoms with Gasteiger partial charge < -0.3 is 23.9 Å². The van der Waals surface area contributed by atoms with Gasteiger partial charge in [0.1, 0.15) is 22.5 Å². The fourth-order valence-electron chi connectivity index (χ4n) is 6.46. The summed E-state index contributed by atoms with van der Waals surface area (Å²) in [5, 5.41) is 0.548. The summed E-state index contributed by atoms with van der Waals surface area (Å²) < 4.78 is 42.2. The predicted octanol–water partition coefficient (Wildman–Crippen LogP) is 5.78. The Morgan fingerprint density at radius 2 is 1.98 bits per heavy atom. The number of hydrogen-bond donors (Lipinski definition) is 1. The molecule has 4 heterocycles. The molecule has 1 aromatic carbocycles. The Morgan fingerprint density at radius 3 is 2.71 bits per heavy atom. The Kier molecular flexibility index (Phi) is 9.73. The maximum Gasteiger partial charge on any atom is 0.273 e. The first-order valence-corrected chi connectivity index (χ1v) is 21.9. The topological polar surface area (TPSA) is 129 Å². The van der Waals surface area contributed by atoms with E-state index in [2.05, 4.69) is 36.2 Å². The van der Waals surface area contributed by atoms with E-state index in [1.807, 2.05) is 28.9 Å². The summed E-state index contributed by atoms with van der Waals surface area (Å²) in [6.07, 6.45) is 11.5. The molecule has 3 aromatic heterocycles. The standard InChI is InChI=1S/C36H45N5O6SSi/c1-6-7-8-29-21-27(9-12-36(29,2)48(44,45)41-14-11-26-10-13-37-34(42)33(26)41)28-22-30(35(43)39-15-17-46-18-16-39)32-31(23-28)40(24-38-32)25-47-19-20-49(3,4)5/h6,9-11,13-14,21-24H,1,7-8,12,15-20,25H2,2-5H3,(H,37,42). The lowest BCUT2D eigenvalue weighted by atomic mass is 9.84. The molecule has 1 aliphatic heterocycles. The number of aromatic nitrogens is 4. The van der Waals surface area contributed by atoms with Gasteiger partial charge in [0.2, 0.25) is 10.0 Å². The van der Waals surface area contributed by atoms with Crippen LogP contribution in [0.5, 0.6) is 0 Å². The fourth-order valence-corrected chi connectivity index (χ4v) is 9.09. The lowest BCUT2D eigenvalue weighted by molar-refractivity contribution is 0.0304. The number of H-pyrrole nitrogens is 1. The molecule has 4 aromatic rings. The number of morpholine rings is 1. The molecule has 0 spiro atoms. The molecule has 1 saturated heterocycles. The highest BCUT2D eigenvalue weighted by Gasteiger charge is 2.45. The van der Waals surface area contributed by atoms with Crippen molar-refractivity contribution in [3.8, 4) is 0 Å². The summed E-state index contributed by atoms with van der Waals surface area (Å²) >= 11 is 0. The molecule has 6 rings (SSSR count). The second kappa shape index (κ2) is 13.7. The van der Waals surface area contributed by atoms with E-state index in [0.717, 1.165) is 26.7 Å². The van der Waals surface area contributed by atoms with Crippen molar-refractivity contribution in [3.63, 3.8) is 0 Å². The lowest BCUT2D eigenvalue weighted by Crippen LogP contribution is -2.42. The van der Waals surface area contributed by atoms with Gasteiger partial charge in [0, 0.05) is 45.6 Å². The van der Waals surface area contributed by atoms with Crippen LogP contribution in [0.4, 0.5) is 0 Å². The molecule has 49 heavy (non-hydrogen) atoms. The minimum absolute atomic E-state index is 0.0959. The number of fused-ring (bicyclic) bond motifs is 2. The van der Waals surface area contributed by atoms with Crippen molar-refractivity contribution in [2.24, 2.45) is 0 Å². The zero-order valence-corrected chi connectivity index (χ0v) is 30.5. The number of allylic oxidation sites excluding steroid dienone is 4. The monoisotopic (exact) mass is 703 g/mol. The van der Waals surface area contributed by atoms with Gasteiger partial charge in [0.25, 0.3) is 11.5 Å². The first-order valence-electron chi connectivity index (χ1n) is 16.7. The van der Waals surface area contributed by atoms with Gasteiger partial charge in [-0.1, -0.05) is 37.9 Å². The first-order chi connectivity index (χ1) is 23.3. The lowest BCUT2D eigenvalue weighted by Gasteiger charge is -2.35. The Hall–Kier alpha value is -4.04. The summed E-state index contributed by atoms with van der Waals surface area (Å²) in [5.41, 5.74) is 3.77. The second-order valence-electron chi connectivity index (χ2n) is 14.2. The van der Waals surface area contributed by atoms with E-state index < -0.39 is 28.4 Å². The molecule has 0 saturated carbocycles. The number of hydrogen-bond acceptors (Lipinski definition) is 7. The van der Waals surface area contributed by atoms with Crippen LogP contribution in [-0.2, 0) is 26.2 Å². The Bertz CT molecular complexity index is 2130. The largest absolute Gasteiger partial charge is 0.378 e. The van der Waals surface area contributed by atoms with Gasteiger partial charge in [-0.15, -0.1) is 6.58 Å². The van der Waals surface area contributed by atoms with Crippen LogP contribution in [0, 0.1) is 0 Å². The molecule has 0 bridgehead atoms. The van der Waals surface area contributed by atoms with E-state index in [9.17, 15) is 18.0 Å². The van der Waals surface area contributed by atoms with Crippen LogP contribution in [0.3, 0.4) is 0 Å². The molecular formula is C36H45N5O6SSi. The number of benzene rings is 1. The zero-order valence-electron chi connectivity index (χ0n) is 28.7. The molecule has 13 heteroatoms. The number of rotatable bonds is 12. The molecule has 1 atom stereocenters. The number of imidazole rings is 1. The van der Waals surface area contributed by atoms with Crippen molar-refractivity contribution in [2.45, 2.75) is 63.3 Å². The van der Waals surface area contributed by atoms with Gasteiger partial charge in [0.05, 0.1) is 30.6 Å². The summed E-state index contributed by atoms with van der Waals surface area (Å²) in [6, 6.07) is 8.23. The van der Waals surface area contributed by atoms with Crippen LogP contribution in [0.15, 0.2) is 78.2 Å². The van der Waals surface area contributed by atoms with E-state index in [4.69, 9.17) is 9.47 Å². The van der Waals surface area contributed by atoms with Gasteiger partial charge in [-0.3, -0.25) is 9.59 Å². The second-order valence-corrected chi connectivity index (χ2v) is 22.0. The number of nitrogens with zero attached hydrogens (tertiary/aromatic N) is 4. The average Bonchev–Trinajstić information content (AvgIpc) is 3.71. The molecule has 1 N–H and O–H groups in total. The molecule has 1 amide bonds. The van der Waals surface area contributed by atoms with Crippen LogP contribution in [0.25, 0.3) is 27.5 Å². The van der Waals surface area contributed by atoms with Crippen molar-refractivity contribution in [1.29, 1.82) is 0 Å². The molecule has 1 fully saturated rings. The van der Waals surface area contributed by atoms with Crippen LogP contribution in [-0.4, -0.2) is 83.5 Å². The highest BCUT2D eigenvalue weighted by Crippen LogP contribution is 2.42. The van der Waals surface area contributed by atoms with Gasteiger partial charge in [-0.2, -0.15) is 0 Å². The van der Waals surface area contributed by atoms with E-state index in [0.29, 0.717) is 74.5 Å². The highest BCUT2D eigenvalue weighted by molar-refractivity contribution is 7.91. The van der Waals surface area contributed by atoms with Gasteiger partial charge in [-0.05, 0) is 73.2 Å². The van der Waals surface area contributed by atoms with E-state index >= 15 is 0 Å². The normalized spacial score (nSPS) is 18.9. The quantitative estimate of drug-likeness (QED) is 0.113. The summed E-state index contributed by atoms with van der Waals surface area (Å²) in [6.45, 7) is 15.4. The third kappa shape index (κ3) is 6.76. The SMILES string of the molecule is C=CCCC1=CC(c2cc(C(=O)N3CCOCC3)c3ncn(COCC[Si](C)(C)C)c3c2)=CCC1(C)S(=O)(=O)n1ccc2cc[nH]c(=O)c21. The third-order valence-corrected chi connectivity index (χ3v) is 13.7. The summed E-state index contributed by atoms with van der Waals surface area (Å²) in [5.74, 6) is -0.121. The van der Waals surface area contributed by atoms with Crippen LogP contribution < -0.4 is 5.56 Å². The van der Waals surface area contributed by atoms with E-state index in [1.54, 1.807) is 36.4 Å². The molecule has 260 valence electrons. The number of nitrogens with one attached hydrogen (secondary N) is 1. The minimum Gasteiger partial charge on any atom is -0.378 e. The van der Waals surface area contributed by atoms with Gasteiger partial charge >= 0.3 is 0 Å². The molecule has 1 unspecified atom stereocenters. The number of carbonyl (C=O) groups is 1. The maximum absolute atomic E-state index is 14.5. The van der Waals surface area contributed by atoms with Crippen molar-refractivity contribution in [2.75, 3.05) is 32.9 Å². The summed E-state index contributed by atoms with van der Waals surface area (Å²) in [4.78, 5) is 35.8. The van der Waals surface area contributed by atoms with Crippen molar-refractivity contribution < 1.29 is 22.7 Å². The highest BCUT2D eigenvalue weighted by atomic mass is 32.2. The van der Waals surface area contributed by atoms with Gasteiger partial charge in [0.15, 0.2) is 0 Å². The smallest absolute Gasteiger partial charge is 0.273 e. The molecule has 2 aliphatic rings. The molecule has 1 aliphatic carbocycles. The Balaban J connectivity index is 1.42. The molecule has 0 radical (unpaired) electrons. The molecule has 11 nitrogen and oxygen atoms in total. The van der Waals surface area contributed by atoms with Crippen molar-refractivity contribution in [3.05, 3.63) is 94.8 Å². The van der Waals surface area contributed by atoms with Gasteiger partial charge in [-0.25, -0.2) is 17.4 Å². The fraction of sp³-hybridized carbons (Fsp3) is 0.417. The number of aromatic amines is 1. The maximum atomic E-state index is 14.5. The Morgan fingerprint density at radius 1 is 1.20 bits per heavy atom. The molecular weight excluding hydrogens is 659 g/mol. The van der Waals surface area contributed by atoms with Crippen LogP contribution in [0.2, 0.25) is 25.7 Å². The first kappa shape index (κ1) is 34.8. The number of pyridine rings is 1. The Labute approximate surface area is 288 Å².